The SMILES string of the molecule is CCc1ccc(OCc2ccc(C(=O)Nc3cccc(Cn4cc(Br)cn4)c3)o2)cc1. The first-order valence-corrected chi connectivity index (χ1v) is 10.8. The predicted molar refractivity (Wildman–Crippen MR) is 122 cm³/mol. The van der Waals surface area contributed by atoms with E-state index in [4.69, 9.17) is 9.15 Å². The minimum absolute atomic E-state index is 0.237. The van der Waals surface area contributed by atoms with E-state index in [1.54, 1.807) is 18.3 Å². The van der Waals surface area contributed by atoms with Gasteiger partial charge in [-0.1, -0.05) is 31.2 Å². The molecule has 0 fully saturated rings. The van der Waals surface area contributed by atoms with Crippen LogP contribution in [0, 0.1) is 0 Å². The van der Waals surface area contributed by atoms with E-state index in [1.165, 1.54) is 5.56 Å². The number of carbonyl (C=O) groups is 1. The second-order valence-corrected chi connectivity index (χ2v) is 7.98. The summed E-state index contributed by atoms with van der Waals surface area (Å²) < 4.78 is 14.1. The van der Waals surface area contributed by atoms with Crippen LogP contribution in [0.25, 0.3) is 0 Å². The van der Waals surface area contributed by atoms with Gasteiger partial charge in [0.2, 0.25) is 0 Å². The topological polar surface area (TPSA) is 69.3 Å². The zero-order valence-corrected chi connectivity index (χ0v) is 18.6. The molecule has 2 aromatic heterocycles. The number of nitrogens with one attached hydrogen (secondary N) is 1. The summed E-state index contributed by atoms with van der Waals surface area (Å²) in [5.41, 5.74) is 2.97. The normalized spacial score (nSPS) is 10.8. The number of halogens is 1. The lowest BCUT2D eigenvalue weighted by atomic mass is 10.2. The highest BCUT2D eigenvalue weighted by molar-refractivity contribution is 9.10. The molecule has 0 aliphatic carbocycles. The Morgan fingerprint density at radius 3 is 2.71 bits per heavy atom. The summed E-state index contributed by atoms with van der Waals surface area (Å²) in [7, 11) is 0. The van der Waals surface area contributed by atoms with Gasteiger partial charge >= 0.3 is 0 Å². The first-order valence-electron chi connectivity index (χ1n) is 9.98. The molecule has 0 aliphatic heterocycles. The molecular weight excluding hydrogens is 458 g/mol. The third kappa shape index (κ3) is 5.64. The van der Waals surface area contributed by atoms with E-state index < -0.39 is 0 Å². The molecule has 0 saturated heterocycles. The van der Waals surface area contributed by atoms with Gasteiger partial charge in [0, 0.05) is 11.9 Å². The van der Waals surface area contributed by atoms with Crippen molar-refractivity contribution in [1.29, 1.82) is 0 Å². The summed E-state index contributed by atoms with van der Waals surface area (Å²) in [6, 6.07) is 19.0. The standard InChI is InChI=1S/C24H22BrN3O3/c1-2-17-6-8-21(9-7-17)30-16-22-10-11-23(31-22)24(29)27-20-5-3-4-18(12-20)14-28-15-19(25)13-26-28/h3-13,15H,2,14,16H2,1H3,(H,27,29). The Hall–Kier alpha value is -3.32. The molecule has 1 amide bonds. The van der Waals surface area contributed by atoms with Crippen LogP contribution in [0.15, 0.2) is 81.9 Å². The van der Waals surface area contributed by atoms with Crippen molar-refractivity contribution >= 4 is 27.5 Å². The molecule has 0 bridgehead atoms. The van der Waals surface area contributed by atoms with Crippen molar-refractivity contribution in [2.75, 3.05) is 5.32 Å². The number of hydrogen-bond acceptors (Lipinski definition) is 4. The van der Waals surface area contributed by atoms with Gasteiger partial charge in [-0.2, -0.15) is 5.10 Å². The molecule has 0 atom stereocenters. The number of hydrogen-bond donors (Lipinski definition) is 1. The molecule has 0 spiro atoms. The van der Waals surface area contributed by atoms with E-state index in [-0.39, 0.29) is 18.3 Å². The van der Waals surface area contributed by atoms with Gasteiger partial charge in [0.25, 0.3) is 5.91 Å². The Kier molecular flexibility index (Phi) is 6.52. The second-order valence-electron chi connectivity index (χ2n) is 7.06. The van der Waals surface area contributed by atoms with Crippen molar-refractivity contribution in [2.45, 2.75) is 26.5 Å². The van der Waals surface area contributed by atoms with Crippen molar-refractivity contribution in [3.63, 3.8) is 0 Å². The number of carbonyl (C=O) groups excluding carboxylic acids is 1. The molecule has 2 heterocycles. The average Bonchev–Trinajstić information content (AvgIpc) is 3.42. The summed E-state index contributed by atoms with van der Waals surface area (Å²) >= 11 is 3.39. The van der Waals surface area contributed by atoms with Gasteiger partial charge in [0.15, 0.2) is 5.76 Å². The Balaban J connectivity index is 1.34. The smallest absolute Gasteiger partial charge is 0.291 e. The van der Waals surface area contributed by atoms with Crippen LogP contribution in [0.2, 0.25) is 0 Å². The fourth-order valence-corrected chi connectivity index (χ4v) is 3.43. The molecule has 0 saturated carbocycles. The summed E-state index contributed by atoms with van der Waals surface area (Å²) in [5, 5.41) is 7.13. The molecular formula is C24H22BrN3O3. The van der Waals surface area contributed by atoms with Gasteiger partial charge < -0.3 is 14.5 Å². The number of benzene rings is 2. The fraction of sp³-hybridized carbons (Fsp3) is 0.167. The van der Waals surface area contributed by atoms with Crippen LogP contribution in [0.4, 0.5) is 5.69 Å². The molecule has 0 aliphatic rings. The van der Waals surface area contributed by atoms with E-state index >= 15 is 0 Å². The Labute approximate surface area is 189 Å². The van der Waals surface area contributed by atoms with Crippen LogP contribution in [-0.4, -0.2) is 15.7 Å². The summed E-state index contributed by atoms with van der Waals surface area (Å²) in [4.78, 5) is 12.6. The summed E-state index contributed by atoms with van der Waals surface area (Å²) in [6.07, 6.45) is 4.63. The van der Waals surface area contributed by atoms with Crippen molar-refractivity contribution in [1.82, 2.24) is 9.78 Å². The second kappa shape index (κ2) is 9.66. The van der Waals surface area contributed by atoms with E-state index in [0.29, 0.717) is 18.0 Å². The third-order valence-corrected chi connectivity index (χ3v) is 5.14. The highest BCUT2D eigenvalue weighted by atomic mass is 79.9. The molecule has 4 aromatic rings. The van der Waals surface area contributed by atoms with Gasteiger partial charge in [-0.05, 0) is 69.9 Å². The molecule has 4 rings (SSSR count). The Bertz CT molecular complexity index is 1160. The first kappa shape index (κ1) is 20.9. The maximum atomic E-state index is 12.6. The van der Waals surface area contributed by atoms with Gasteiger partial charge in [0.05, 0.1) is 17.2 Å². The number of nitrogens with zero attached hydrogens (tertiary/aromatic N) is 2. The minimum Gasteiger partial charge on any atom is -0.486 e. The fourth-order valence-electron chi connectivity index (χ4n) is 3.11. The van der Waals surface area contributed by atoms with Crippen molar-refractivity contribution in [3.05, 3.63) is 100 Å². The molecule has 158 valence electrons. The molecule has 31 heavy (non-hydrogen) atoms. The van der Waals surface area contributed by atoms with E-state index in [2.05, 4.69) is 33.3 Å². The van der Waals surface area contributed by atoms with E-state index in [0.717, 1.165) is 22.2 Å². The number of anilines is 1. The lowest BCUT2D eigenvalue weighted by molar-refractivity contribution is 0.0992. The Morgan fingerprint density at radius 2 is 1.97 bits per heavy atom. The molecule has 2 aromatic carbocycles. The number of amides is 1. The molecule has 6 nitrogen and oxygen atoms in total. The molecule has 1 N–H and O–H groups in total. The lowest BCUT2D eigenvalue weighted by Gasteiger charge is -2.07. The van der Waals surface area contributed by atoms with Crippen LogP contribution in [0.3, 0.4) is 0 Å². The number of aryl methyl sites for hydroxylation is 1. The number of aromatic nitrogens is 2. The lowest BCUT2D eigenvalue weighted by Crippen LogP contribution is -2.11. The van der Waals surface area contributed by atoms with Crippen LogP contribution >= 0.6 is 15.9 Å². The molecule has 0 unspecified atom stereocenters. The largest absolute Gasteiger partial charge is 0.486 e. The van der Waals surface area contributed by atoms with Gasteiger partial charge in [0.1, 0.15) is 18.1 Å². The highest BCUT2D eigenvalue weighted by Crippen LogP contribution is 2.18. The maximum Gasteiger partial charge on any atom is 0.291 e. The van der Waals surface area contributed by atoms with E-state index in [9.17, 15) is 4.79 Å². The van der Waals surface area contributed by atoms with Gasteiger partial charge in [-0.25, -0.2) is 0 Å². The van der Waals surface area contributed by atoms with Crippen molar-refractivity contribution in [2.24, 2.45) is 0 Å². The quantitative estimate of drug-likeness (QED) is 0.352. The van der Waals surface area contributed by atoms with Crippen LogP contribution in [-0.2, 0) is 19.6 Å². The minimum atomic E-state index is -0.308. The summed E-state index contributed by atoms with van der Waals surface area (Å²) in [5.74, 6) is 1.28. The molecule has 7 heteroatoms. The monoisotopic (exact) mass is 479 g/mol. The first-order chi connectivity index (χ1) is 15.1. The molecule has 0 radical (unpaired) electrons. The van der Waals surface area contributed by atoms with Crippen molar-refractivity contribution < 1.29 is 13.9 Å². The third-order valence-electron chi connectivity index (χ3n) is 4.73. The summed E-state index contributed by atoms with van der Waals surface area (Å²) in [6.45, 7) is 2.98. The van der Waals surface area contributed by atoms with Crippen LogP contribution in [0.1, 0.15) is 34.4 Å². The van der Waals surface area contributed by atoms with Crippen LogP contribution in [0.5, 0.6) is 5.75 Å². The highest BCUT2D eigenvalue weighted by Gasteiger charge is 2.12. The zero-order valence-electron chi connectivity index (χ0n) is 17.0. The Morgan fingerprint density at radius 1 is 1.13 bits per heavy atom. The number of rotatable bonds is 8. The van der Waals surface area contributed by atoms with Gasteiger partial charge in [-0.15, -0.1) is 0 Å². The number of ether oxygens (including phenoxy) is 1. The van der Waals surface area contributed by atoms with Gasteiger partial charge in [-0.3, -0.25) is 9.48 Å². The number of furan rings is 1. The predicted octanol–water partition coefficient (Wildman–Crippen LogP) is 5.68. The zero-order chi connectivity index (χ0) is 21.6. The average molecular weight is 480 g/mol. The van der Waals surface area contributed by atoms with E-state index in [1.807, 2.05) is 59.4 Å². The van der Waals surface area contributed by atoms with Crippen LogP contribution < -0.4 is 10.1 Å². The van der Waals surface area contributed by atoms with Crippen molar-refractivity contribution in [3.8, 4) is 5.75 Å². The maximum absolute atomic E-state index is 12.6.